The van der Waals surface area contributed by atoms with Crippen LogP contribution < -0.4 is 20.5 Å². The lowest BCUT2D eigenvalue weighted by molar-refractivity contribution is 0.185. The number of ether oxygens (including phenoxy) is 3. The number of nitrogens with zero attached hydrogens (tertiary/aromatic N) is 1. The molecule has 30 heavy (non-hydrogen) atoms. The Morgan fingerprint density at radius 1 is 1.00 bits per heavy atom. The summed E-state index contributed by atoms with van der Waals surface area (Å²) < 4.78 is 16.2. The van der Waals surface area contributed by atoms with Crippen LogP contribution in [0, 0.1) is 0 Å². The summed E-state index contributed by atoms with van der Waals surface area (Å²) >= 11 is 0. The molecule has 162 valence electrons. The predicted octanol–water partition coefficient (Wildman–Crippen LogP) is 4.48. The summed E-state index contributed by atoms with van der Waals surface area (Å²) in [6.45, 7) is 1.15. The molecule has 1 aliphatic rings. The minimum absolute atomic E-state index is 0.0455. The molecule has 0 saturated heterocycles. The molecule has 1 fully saturated rings. The number of nitrogens with one attached hydrogen (secondary N) is 1. The summed E-state index contributed by atoms with van der Waals surface area (Å²) in [6, 6.07) is 14.2. The zero-order valence-corrected chi connectivity index (χ0v) is 18.2. The maximum Gasteiger partial charge on any atom is 0.193 e. The second kappa shape index (κ2) is 10.3. The Bertz CT molecular complexity index is 861. The number of guanidine groups is 1. The molecule has 1 saturated carbocycles. The van der Waals surface area contributed by atoms with E-state index in [4.69, 9.17) is 24.9 Å². The second-order valence-electron chi connectivity index (χ2n) is 7.83. The number of hydrogen-bond acceptors (Lipinski definition) is 4. The Morgan fingerprint density at radius 3 is 2.43 bits per heavy atom. The zero-order chi connectivity index (χ0) is 21.4. The van der Waals surface area contributed by atoms with Crippen molar-refractivity contribution in [2.24, 2.45) is 10.7 Å². The third kappa shape index (κ3) is 5.05. The van der Waals surface area contributed by atoms with Gasteiger partial charge in [-0.05, 0) is 36.6 Å². The molecule has 0 aromatic heterocycles. The van der Waals surface area contributed by atoms with Crippen LogP contribution in [-0.4, -0.2) is 33.8 Å². The summed E-state index contributed by atoms with van der Waals surface area (Å²) in [5, 5.41) is 3.25. The SMILES string of the molecule is COCc1ccccc1NC(N)=NCC1(c2ccc(OC)c(OC)c2)CCCCC1. The van der Waals surface area contributed by atoms with Crippen LogP contribution in [0.25, 0.3) is 0 Å². The highest BCUT2D eigenvalue weighted by atomic mass is 16.5. The van der Waals surface area contributed by atoms with Crippen molar-refractivity contribution in [2.75, 3.05) is 33.2 Å². The van der Waals surface area contributed by atoms with Crippen LogP contribution in [0.5, 0.6) is 11.5 Å². The van der Waals surface area contributed by atoms with E-state index in [1.54, 1.807) is 21.3 Å². The fourth-order valence-electron chi connectivity index (χ4n) is 4.27. The van der Waals surface area contributed by atoms with Gasteiger partial charge in [-0.15, -0.1) is 0 Å². The van der Waals surface area contributed by atoms with Gasteiger partial charge < -0.3 is 25.3 Å². The van der Waals surface area contributed by atoms with E-state index in [9.17, 15) is 0 Å². The van der Waals surface area contributed by atoms with E-state index in [-0.39, 0.29) is 5.41 Å². The van der Waals surface area contributed by atoms with Crippen molar-refractivity contribution >= 4 is 11.6 Å². The van der Waals surface area contributed by atoms with Crippen LogP contribution in [0.4, 0.5) is 5.69 Å². The first-order valence-electron chi connectivity index (χ1n) is 10.5. The quantitative estimate of drug-likeness (QED) is 0.495. The average Bonchev–Trinajstić information content (AvgIpc) is 2.79. The minimum atomic E-state index is -0.0455. The fourth-order valence-corrected chi connectivity index (χ4v) is 4.27. The number of anilines is 1. The Kier molecular flexibility index (Phi) is 7.57. The molecule has 6 heteroatoms. The second-order valence-corrected chi connectivity index (χ2v) is 7.83. The molecule has 0 spiro atoms. The molecule has 0 bridgehead atoms. The first-order chi connectivity index (χ1) is 14.6. The van der Waals surface area contributed by atoms with Gasteiger partial charge in [0, 0.05) is 23.8 Å². The monoisotopic (exact) mass is 411 g/mol. The normalized spacial score (nSPS) is 16.2. The highest BCUT2D eigenvalue weighted by molar-refractivity contribution is 5.93. The number of nitrogens with two attached hydrogens (primary N) is 1. The molecule has 0 amide bonds. The Morgan fingerprint density at radius 2 is 1.73 bits per heavy atom. The molecule has 3 N–H and O–H groups in total. The zero-order valence-electron chi connectivity index (χ0n) is 18.2. The van der Waals surface area contributed by atoms with E-state index in [0.717, 1.165) is 35.6 Å². The molecule has 0 heterocycles. The van der Waals surface area contributed by atoms with E-state index in [2.05, 4.69) is 17.4 Å². The third-order valence-electron chi connectivity index (χ3n) is 5.94. The van der Waals surface area contributed by atoms with Crippen LogP contribution in [0.1, 0.15) is 43.2 Å². The van der Waals surface area contributed by atoms with Crippen molar-refractivity contribution in [1.29, 1.82) is 0 Å². The first kappa shape index (κ1) is 22.0. The smallest absolute Gasteiger partial charge is 0.193 e. The van der Waals surface area contributed by atoms with Gasteiger partial charge in [0.2, 0.25) is 0 Å². The maximum atomic E-state index is 6.28. The molecule has 3 rings (SSSR count). The lowest BCUT2D eigenvalue weighted by Crippen LogP contribution is -2.34. The van der Waals surface area contributed by atoms with Crippen molar-refractivity contribution in [2.45, 2.75) is 44.1 Å². The summed E-state index contributed by atoms with van der Waals surface area (Å²) in [7, 11) is 5.02. The van der Waals surface area contributed by atoms with Gasteiger partial charge in [-0.3, -0.25) is 4.99 Å². The van der Waals surface area contributed by atoms with Crippen LogP contribution in [0.15, 0.2) is 47.5 Å². The van der Waals surface area contributed by atoms with Crippen LogP contribution in [-0.2, 0) is 16.8 Å². The summed E-state index contributed by atoms with van der Waals surface area (Å²) in [6.07, 6.45) is 5.80. The largest absolute Gasteiger partial charge is 0.493 e. The molecule has 2 aromatic carbocycles. The molecule has 0 aliphatic heterocycles. The minimum Gasteiger partial charge on any atom is -0.493 e. The van der Waals surface area contributed by atoms with E-state index in [1.807, 2.05) is 30.3 Å². The van der Waals surface area contributed by atoms with Crippen LogP contribution in [0.2, 0.25) is 0 Å². The molecule has 0 radical (unpaired) electrons. The van der Waals surface area contributed by atoms with Crippen molar-refractivity contribution < 1.29 is 14.2 Å². The molecule has 2 aromatic rings. The molecule has 1 aliphatic carbocycles. The summed E-state index contributed by atoms with van der Waals surface area (Å²) in [5.74, 6) is 1.92. The number of benzene rings is 2. The average molecular weight is 412 g/mol. The number of para-hydroxylation sites is 1. The van der Waals surface area contributed by atoms with E-state index < -0.39 is 0 Å². The van der Waals surface area contributed by atoms with Gasteiger partial charge in [0.05, 0.1) is 27.4 Å². The van der Waals surface area contributed by atoms with Gasteiger partial charge in [-0.25, -0.2) is 0 Å². The van der Waals surface area contributed by atoms with Crippen LogP contribution in [0.3, 0.4) is 0 Å². The Labute approximate surface area is 179 Å². The van der Waals surface area contributed by atoms with Gasteiger partial charge in [0.1, 0.15) is 0 Å². The Hall–Kier alpha value is -2.73. The Balaban J connectivity index is 1.83. The molecular weight excluding hydrogens is 378 g/mol. The highest BCUT2D eigenvalue weighted by Crippen LogP contribution is 2.42. The van der Waals surface area contributed by atoms with Gasteiger partial charge in [-0.2, -0.15) is 0 Å². The molecule has 0 atom stereocenters. The number of aliphatic imine (C=N–C) groups is 1. The molecule has 6 nitrogen and oxygen atoms in total. The van der Waals surface area contributed by atoms with Gasteiger partial charge in [-0.1, -0.05) is 43.5 Å². The van der Waals surface area contributed by atoms with Gasteiger partial charge in [0.25, 0.3) is 0 Å². The van der Waals surface area contributed by atoms with E-state index >= 15 is 0 Å². The fraction of sp³-hybridized carbons (Fsp3) is 0.458. The molecule has 0 unspecified atom stereocenters. The van der Waals surface area contributed by atoms with E-state index in [1.165, 1.54) is 24.8 Å². The maximum absolute atomic E-state index is 6.28. The van der Waals surface area contributed by atoms with Gasteiger partial charge >= 0.3 is 0 Å². The number of hydrogen-bond donors (Lipinski definition) is 2. The highest BCUT2D eigenvalue weighted by Gasteiger charge is 2.34. The van der Waals surface area contributed by atoms with E-state index in [0.29, 0.717) is 19.1 Å². The summed E-state index contributed by atoms with van der Waals surface area (Å²) in [4.78, 5) is 4.76. The topological polar surface area (TPSA) is 78.1 Å². The van der Waals surface area contributed by atoms with Crippen molar-refractivity contribution in [3.05, 3.63) is 53.6 Å². The standard InChI is InChI=1S/C24H33N3O3/c1-28-16-18-9-5-6-10-20(18)27-23(25)26-17-24(13-7-4-8-14-24)19-11-12-21(29-2)22(15-19)30-3/h5-6,9-12,15H,4,7-8,13-14,16-17H2,1-3H3,(H3,25,26,27). The lowest BCUT2D eigenvalue weighted by atomic mass is 9.69. The van der Waals surface area contributed by atoms with Gasteiger partial charge in [0.15, 0.2) is 17.5 Å². The predicted molar refractivity (Wildman–Crippen MR) is 122 cm³/mol. The first-order valence-corrected chi connectivity index (χ1v) is 10.5. The summed E-state index contributed by atoms with van der Waals surface area (Å²) in [5.41, 5.74) is 9.43. The number of methoxy groups -OCH3 is 3. The molecular formula is C24H33N3O3. The van der Waals surface area contributed by atoms with Crippen molar-refractivity contribution in [1.82, 2.24) is 0 Å². The van der Waals surface area contributed by atoms with Crippen LogP contribution >= 0.6 is 0 Å². The lowest BCUT2D eigenvalue weighted by Gasteiger charge is -2.37. The number of rotatable bonds is 8. The van der Waals surface area contributed by atoms with Crippen molar-refractivity contribution in [3.63, 3.8) is 0 Å². The van der Waals surface area contributed by atoms with Crippen molar-refractivity contribution in [3.8, 4) is 11.5 Å². The third-order valence-corrected chi connectivity index (χ3v) is 5.94.